The van der Waals surface area contributed by atoms with E-state index in [0.29, 0.717) is 22.7 Å². The second-order valence-electron chi connectivity index (χ2n) is 3.92. The van der Waals surface area contributed by atoms with E-state index in [1.807, 2.05) is 0 Å². The highest BCUT2D eigenvalue weighted by molar-refractivity contribution is 5.69. The van der Waals surface area contributed by atoms with Crippen LogP contribution in [-0.2, 0) is 9.68 Å². The molecule has 112 valence electrons. The topological polar surface area (TPSA) is 132 Å². The summed E-state index contributed by atoms with van der Waals surface area (Å²) in [7, 11) is 0. The maximum atomic E-state index is 11.5. The number of rotatable bonds is 6. The number of carbonyl (C=O) groups excluding carboxylic acids is 1. The quantitative estimate of drug-likeness (QED) is 0.460. The van der Waals surface area contributed by atoms with Crippen LogP contribution in [-0.4, -0.2) is 6.16 Å². The zero-order valence-electron chi connectivity index (χ0n) is 11.2. The summed E-state index contributed by atoms with van der Waals surface area (Å²) in [6.07, 6.45) is -1.06. The fourth-order valence-corrected chi connectivity index (χ4v) is 1.53. The molecule has 0 amide bonds. The highest BCUT2D eigenvalue weighted by Crippen LogP contribution is 2.25. The van der Waals surface area contributed by atoms with Crippen molar-refractivity contribution >= 4 is 28.9 Å². The van der Waals surface area contributed by atoms with Crippen molar-refractivity contribution < 1.29 is 14.5 Å². The Labute approximate surface area is 125 Å². The zero-order valence-corrected chi connectivity index (χ0v) is 11.2. The lowest BCUT2D eigenvalue weighted by Gasteiger charge is -2.10. The lowest BCUT2D eigenvalue weighted by molar-refractivity contribution is 0.0905. The van der Waals surface area contributed by atoms with Gasteiger partial charge in [-0.3, -0.25) is 0 Å². The van der Waals surface area contributed by atoms with Crippen molar-refractivity contribution in [3.8, 4) is 0 Å². The van der Waals surface area contributed by atoms with E-state index in [2.05, 4.69) is 30.9 Å². The Morgan fingerprint density at radius 3 is 1.64 bits per heavy atom. The highest BCUT2D eigenvalue weighted by atomic mass is 16.9. The number of benzene rings is 2. The van der Waals surface area contributed by atoms with Gasteiger partial charge in [-0.15, -0.1) is 0 Å². The predicted octanol–water partition coefficient (Wildman–Crippen LogP) is 4.52. The van der Waals surface area contributed by atoms with E-state index < -0.39 is 6.16 Å². The minimum atomic E-state index is -1.06. The number of nitrogens with one attached hydrogen (secondary N) is 4. The van der Waals surface area contributed by atoms with Gasteiger partial charge in [-0.25, -0.2) is 22.0 Å². The summed E-state index contributed by atoms with van der Waals surface area (Å²) in [5, 5.41) is 6.54. The molecule has 0 aliphatic carbocycles. The van der Waals surface area contributed by atoms with Gasteiger partial charge in [0.2, 0.25) is 0 Å². The predicted molar refractivity (Wildman–Crippen MR) is 77.3 cm³/mol. The Balaban J connectivity index is 1.88. The van der Waals surface area contributed by atoms with Crippen LogP contribution in [0.1, 0.15) is 0 Å². The molecule has 9 heteroatoms. The van der Waals surface area contributed by atoms with E-state index in [4.69, 9.17) is 11.1 Å². The number of nitrogens with zero attached hydrogens (tertiary/aromatic N) is 2. The summed E-state index contributed by atoms with van der Waals surface area (Å²) in [4.78, 5) is 20.8. The third-order valence-corrected chi connectivity index (χ3v) is 2.54. The van der Waals surface area contributed by atoms with E-state index in [1.165, 1.54) is 0 Å². The molecule has 0 aromatic heterocycles. The van der Waals surface area contributed by atoms with Gasteiger partial charge in [0.25, 0.3) is 0 Å². The van der Waals surface area contributed by atoms with Crippen LogP contribution in [0.3, 0.4) is 0 Å². The summed E-state index contributed by atoms with van der Waals surface area (Å²) in [5.74, 6) is 0. The molecule has 0 unspecified atom stereocenters. The summed E-state index contributed by atoms with van der Waals surface area (Å²) >= 11 is 0. The van der Waals surface area contributed by atoms with Gasteiger partial charge in [0, 0.05) is 0 Å². The normalized spacial score (nSPS) is 9.45. The van der Waals surface area contributed by atoms with Gasteiger partial charge in [0.15, 0.2) is 0 Å². The zero-order chi connectivity index (χ0) is 15.8. The smallest absolute Gasteiger partial charge is 0.307 e. The molecule has 0 spiro atoms. The average molecular weight is 300 g/mol. The molecule has 0 saturated heterocycles. The molecule has 2 aromatic carbocycles. The van der Waals surface area contributed by atoms with E-state index >= 15 is 0 Å². The van der Waals surface area contributed by atoms with E-state index in [-0.39, 0.29) is 0 Å². The minimum absolute atomic E-state index is 0.307. The molecule has 2 rings (SSSR count). The van der Waals surface area contributed by atoms with Crippen LogP contribution in [0.2, 0.25) is 0 Å². The number of hydrogen-bond acceptors (Lipinski definition) is 9. The maximum Gasteiger partial charge on any atom is 0.558 e. The van der Waals surface area contributed by atoms with Crippen LogP contribution in [0, 0.1) is 11.1 Å². The van der Waals surface area contributed by atoms with Gasteiger partial charge in [-0.1, -0.05) is 24.3 Å². The second kappa shape index (κ2) is 7.33. The van der Waals surface area contributed by atoms with Crippen molar-refractivity contribution in [1.82, 2.24) is 0 Å². The second-order valence-corrected chi connectivity index (χ2v) is 3.92. The molecule has 0 saturated carbocycles. The van der Waals surface area contributed by atoms with E-state index in [9.17, 15) is 4.79 Å². The average Bonchev–Trinajstić information content (AvgIpc) is 2.58. The van der Waals surface area contributed by atoms with Crippen molar-refractivity contribution in [3.05, 3.63) is 48.5 Å². The molecule has 0 aliphatic rings. The lowest BCUT2D eigenvalue weighted by atomic mass is 10.3. The Hall–Kier alpha value is -3.49. The van der Waals surface area contributed by atoms with Gasteiger partial charge in [0.05, 0.1) is 11.4 Å². The molecule has 0 radical (unpaired) electrons. The SMILES string of the molecule is N=Nc1ccccc1NOC(=O)ONc1ccccc1N=N. The first kappa shape index (κ1) is 14.9. The fourth-order valence-electron chi connectivity index (χ4n) is 1.53. The van der Waals surface area contributed by atoms with Crippen LogP contribution in [0.25, 0.3) is 0 Å². The molecular formula is C13H12N6O3. The van der Waals surface area contributed by atoms with Crippen molar-refractivity contribution in [2.75, 3.05) is 11.0 Å². The number of hydrogen-bond donors (Lipinski definition) is 4. The van der Waals surface area contributed by atoms with Crippen LogP contribution in [0.4, 0.5) is 27.5 Å². The van der Waals surface area contributed by atoms with Gasteiger partial charge in [-0.2, -0.15) is 15.0 Å². The number of carbonyl (C=O) groups is 1. The summed E-state index contributed by atoms with van der Waals surface area (Å²) in [5.41, 5.74) is 19.9. The van der Waals surface area contributed by atoms with Crippen LogP contribution in [0.5, 0.6) is 0 Å². The third-order valence-electron chi connectivity index (χ3n) is 2.54. The highest BCUT2D eigenvalue weighted by Gasteiger charge is 2.09. The standard InChI is InChI=1S/C13H12N6O3/c14-16-9-5-1-3-7-11(9)18-21-13(20)22-19-12-8-4-2-6-10(12)17-15/h1-8,14-15,18-19H. The van der Waals surface area contributed by atoms with Gasteiger partial charge < -0.3 is 9.68 Å². The Kier molecular flexibility index (Phi) is 4.97. The molecule has 2 aromatic rings. The summed E-state index contributed by atoms with van der Waals surface area (Å²) in [6, 6.07) is 13.1. The van der Waals surface area contributed by atoms with Crippen molar-refractivity contribution in [3.63, 3.8) is 0 Å². The number of para-hydroxylation sites is 4. The monoisotopic (exact) mass is 300 g/mol. The Morgan fingerprint density at radius 2 is 1.23 bits per heavy atom. The minimum Gasteiger partial charge on any atom is -0.307 e. The Morgan fingerprint density at radius 1 is 0.818 bits per heavy atom. The first-order chi connectivity index (χ1) is 10.7. The third kappa shape index (κ3) is 3.76. The molecule has 0 atom stereocenters. The van der Waals surface area contributed by atoms with E-state index in [0.717, 1.165) is 0 Å². The summed E-state index contributed by atoms with van der Waals surface area (Å²) in [6.45, 7) is 0. The fraction of sp³-hybridized carbons (Fsp3) is 0. The van der Waals surface area contributed by atoms with Crippen molar-refractivity contribution in [2.24, 2.45) is 10.2 Å². The van der Waals surface area contributed by atoms with Crippen LogP contribution >= 0.6 is 0 Å². The van der Waals surface area contributed by atoms with Gasteiger partial charge >= 0.3 is 6.16 Å². The first-order valence-corrected chi connectivity index (χ1v) is 6.07. The molecule has 0 aliphatic heterocycles. The molecule has 0 heterocycles. The maximum absolute atomic E-state index is 11.5. The van der Waals surface area contributed by atoms with Crippen LogP contribution < -0.4 is 11.0 Å². The largest absolute Gasteiger partial charge is 0.558 e. The van der Waals surface area contributed by atoms with Gasteiger partial charge in [0.1, 0.15) is 11.4 Å². The summed E-state index contributed by atoms with van der Waals surface area (Å²) < 4.78 is 0. The lowest BCUT2D eigenvalue weighted by Crippen LogP contribution is -2.15. The Bertz CT molecular complexity index is 633. The van der Waals surface area contributed by atoms with Crippen LogP contribution in [0.15, 0.2) is 58.8 Å². The molecule has 9 nitrogen and oxygen atoms in total. The molecule has 0 fully saturated rings. The van der Waals surface area contributed by atoms with Crippen molar-refractivity contribution in [1.29, 1.82) is 11.1 Å². The first-order valence-electron chi connectivity index (χ1n) is 6.07. The number of anilines is 2. The molecule has 4 N–H and O–H groups in total. The van der Waals surface area contributed by atoms with E-state index in [1.54, 1.807) is 48.5 Å². The molecule has 0 bridgehead atoms. The van der Waals surface area contributed by atoms with Gasteiger partial charge in [-0.05, 0) is 24.3 Å². The molecular weight excluding hydrogens is 288 g/mol. The molecule has 22 heavy (non-hydrogen) atoms. The van der Waals surface area contributed by atoms with Crippen molar-refractivity contribution in [2.45, 2.75) is 0 Å².